The molecule has 1 atom stereocenters. The van der Waals surface area contributed by atoms with E-state index in [1.54, 1.807) is 0 Å². The number of thiophene rings is 1. The van der Waals surface area contributed by atoms with Crippen molar-refractivity contribution in [3.63, 3.8) is 0 Å². The lowest BCUT2D eigenvalue weighted by atomic mass is 10.1. The maximum Gasteiger partial charge on any atom is 0.247 e. The molecule has 0 saturated carbocycles. The second-order valence-corrected chi connectivity index (χ2v) is 5.89. The van der Waals surface area contributed by atoms with Crippen molar-refractivity contribution in [2.24, 2.45) is 5.73 Å². The molecule has 0 amide bonds. The first kappa shape index (κ1) is 12.1. The first-order valence-electron chi connectivity index (χ1n) is 4.19. The summed E-state index contributed by atoms with van der Waals surface area (Å²) >= 11 is 4.76. The summed E-state index contributed by atoms with van der Waals surface area (Å²) in [6, 6.07) is 1.27. The standard InChI is InChI=1S/C9H12BrF2NS/c1-5-3-7(14-8(5)10)6(13)4-9(2,11)12/h3,6H,4,13H2,1-2H3. The third-order valence-corrected chi connectivity index (χ3v) is 4.09. The van der Waals surface area contributed by atoms with E-state index in [-0.39, 0.29) is 6.42 Å². The van der Waals surface area contributed by atoms with Gasteiger partial charge in [0.2, 0.25) is 5.92 Å². The summed E-state index contributed by atoms with van der Waals surface area (Å²) in [5, 5.41) is 0. The van der Waals surface area contributed by atoms with Gasteiger partial charge in [-0.1, -0.05) is 0 Å². The molecular weight excluding hydrogens is 272 g/mol. The Morgan fingerprint density at radius 2 is 2.21 bits per heavy atom. The molecule has 0 radical (unpaired) electrons. The maximum absolute atomic E-state index is 12.7. The first-order valence-corrected chi connectivity index (χ1v) is 5.80. The van der Waals surface area contributed by atoms with Crippen molar-refractivity contribution >= 4 is 27.3 Å². The van der Waals surface area contributed by atoms with Crippen molar-refractivity contribution < 1.29 is 8.78 Å². The summed E-state index contributed by atoms with van der Waals surface area (Å²) in [5.41, 5.74) is 6.71. The number of nitrogens with two attached hydrogens (primary N) is 1. The monoisotopic (exact) mass is 283 g/mol. The van der Waals surface area contributed by atoms with Gasteiger partial charge >= 0.3 is 0 Å². The highest BCUT2D eigenvalue weighted by molar-refractivity contribution is 9.11. The first-order chi connectivity index (χ1) is 6.29. The Labute approximate surface area is 94.4 Å². The molecule has 0 spiro atoms. The van der Waals surface area contributed by atoms with Crippen LogP contribution in [-0.4, -0.2) is 5.92 Å². The molecule has 1 unspecified atom stereocenters. The number of hydrogen-bond donors (Lipinski definition) is 1. The van der Waals surface area contributed by atoms with Crippen molar-refractivity contribution in [2.75, 3.05) is 0 Å². The molecule has 1 rings (SSSR count). The summed E-state index contributed by atoms with van der Waals surface area (Å²) < 4.78 is 26.3. The molecule has 0 fully saturated rings. The Morgan fingerprint density at radius 3 is 2.57 bits per heavy atom. The zero-order valence-electron chi connectivity index (χ0n) is 7.98. The van der Waals surface area contributed by atoms with Crippen LogP contribution in [0.15, 0.2) is 9.85 Å². The third kappa shape index (κ3) is 3.29. The van der Waals surface area contributed by atoms with Crippen molar-refractivity contribution in [3.8, 4) is 0 Å². The third-order valence-electron chi connectivity index (χ3n) is 1.82. The van der Waals surface area contributed by atoms with Crippen LogP contribution in [-0.2, 0) is 0 Å². The number of halogens is 3. The van der Waals surface area contributed by atoms with E-state index >= 15 is 0 Å². The van der Waals surface area contributed by atoms with Gasteiger partial charge in [-0.3, -0.25) is 0 Å². The lowest BCUT2D eigenvalue weighted by Crippen LogP contribution is -2.20. The fourth-order valence-electron chi connectivity index (χ4n) is 1.15. The van der Waals surface area contributed by atoms with Crippen LogP contribution >= 0.6 is 27.3 Å². The summed E-state index contributed by atoms with van der Waals surface area (Å²) in [7, 11) is 0. The number of aryl methyl sites for hydroxylation is 1. The quantitative estimate of drug-likeness (QED) is 0.896. The molecule has 1 nitrogen and oxygen atoms in total. The van der Waals surface area contributed by atoms with Gasteiger partial charge in [0.05, 0.1) is 3.79 Å². The highest BCUT2D eigenvalue weighted by atomic mass is 79.9. The van der Waals surface area contributed by atoms with E-state index in [2.05, 4.69) is 15.9 Å². The van der Waals surface area contributed by atoms with Crippen LogP contribution in [0.25, 0.3) is 0 Å². The van der Waals surface area contributed by atoms with Gasteiger partial charge < -0.3 is 5.73 Å². The Hall–Kier alpha value is -0.000000000000000111. The fraction of sp³-hybridized carbons (Fsp3) is 0.556. The average Bonchev–Trinajstić information content (AvgIpc) is 2.28. The van der Waals surface area contributed by atoms with Crippen LogP contribution in [0.5, 0.6) is 0 Å². The molecule has 1 aromatic rings. The van der Waals surface area contributed by atoms with Crippen molar-refractivity contribution in [1.82, 2.24) is 0 Å². The van der Waals surface area contributed by atoms with E-state index < -0.39 is 12.0 Å². The molecule has 2 N–H and O–H groups in total. The lowest BCUT2D eigenvalue weighted by molar-refractivity contribution is 0.00646. The predicted molar refractivity (Wildman–Crippen MR) is 58.9 cm³/mol. The molecule has 0 bridgehead atoms. The van der Waals surface area contributed by atoms with Crippen LogP contribution in [0.4, 0.5) is 8.78 Å². The largest absolute Gasteiger partial charge is 0.323 e. The van der Waals surface area contributed by atoms with Gasteiger partial charge in [0.15, 0.2) is 0 Å². The molecule has 80 valence electrons. The van der Waals surface area contributed by atoms with E-state index in [1.807, 2.05) is 13.0 Å². The van der Waals surface area contributed by atoms with Gasteiger partial charge in [-0.25, -0.2) is 8.78 Å². The summed E-state index contributed by atoms with van der Waals surface area (Å²) in [6.45, 7) is 2.81. The molecule has 14 heavy (non-hydrogen) atoms. The fourth-order valence-corrected chi connectivity index (χ4v) is 2.73. The topological polar surface area (TPSA) is 26.0 Å². The van der Waals surface area contributed by atoms with E-state index in [0.29, 0.717) is 0 Å². The Kier molecular flexibility index (Phi) is 3.66. The van der Waals surface area contributed by atoms with Crippen LogP contribution in [0.1, 0.15) is 29.8 Å². The Morgan fingerprint density at radius 1 is 1.64 bits per heavy atom. The number of hydrogen-bond acceptors (Lipinski definition) is 2. The van der Waals surface area contributed by atoms with E-state index in [1.165, 1.54) is 11.3 Å². The minimum Gasteiger partial charge on any atom is -0.323 e. The molecule has 0 aliphatic carbocycles. The number of alkyl halides is 2. The van der Waals surface area contributed by atoms with Crippen LogP contribution in [0.2, 0.25) is 0 Å². The van der Waals surface area contributed by atoms with Gasteiger partial charge in [-0.15, -0.1) is 11.3 Å². The summed E-state index contributed by atoms with van der Waals surface area (Å²) in [5.74, 6) is -2.70. The zero-order chi connectivity index (χ0) is 10.9. The van der Waals surface area contributed by atoms with Gasteiger partial charge in [0.1, 0.15) is 0 Å². The van der Waals surface area contributed by atoms with Gasteiger partial charge in [0.25, 0.3) is 0 Å². The van der Waals surface area contributed by atoms with Gasteiger partial charge in [-0.05, 0) is 41.4 Å². The molecule has 0 aliphatic rings. The van der Waals surface area contributed by atoms with Crippen molar-refractivity contribution in [1.29, 1.82) is 0 Å². The SMILES string of the molecule is Cc1cc(C(N)CC(C)(F)F)sc1Br. The average molecular weight is 284 g/mol. The minimum atomic E-state index is -2.70. The van der Waals surface area contributed by atoms with Crippen molar-refractivity contribution in [2.45, 2.75) is 32.2 Å². The maximum atomic E-state index is 12.7. The second-order valence-electron chi connectivity index (χ2n) is 3.49. The minimum absolute atomic E-state index is 0.306. The molecule has 5 heteroatoms. The zero-order valence-corrected chi connectivity index (χ0v) is 10.4. The van der Waals surface area contributed by atoms with Gasteiger partial charge in [0, 0.05) is 17.3 Å². The van der Waals surface area contributed by atoms with Crippen molar-refractivity contribution in [3.05, 3.63) is 20.3 Å². The molecule has 1 aromatic heterocycles. The predicted octanol–water partition coefficient (Wildman–Crippen LogP) is 3.86. The normalized spacial score (nSPS) is 14.4. The Bertz CT molecular complexity index is 300. The molecule has 0 saturated heterocycles. The Balaban J connectivity index is 2.75. The summed E-state index contributed by atoms with van der Waals surface area (Å²) in [4.78, 5) is 0.802. The molecule has 0 aliphatic heterocycles. The second kappa shape index (κ2) is 4.24. The molecule has 0 aromatic carbocycles. The molecule has 1 heterocycles. The summed E-state index contributed by atoms with van der Waals surface area (Å²) in [6.07, 6.45) is -0.306. The highest BCUT2D eigenvalue weighted by Crippen LogP contribution is 2.34. The number of rotatable bonds is 3. The van der Waals surface area contributed by atoms with E-state index in [4.69, 9.17) is 5.73 Å². The van der Waals surface area contributed by atoms with Gasteiger partial charge in [-0.2, -0.15) is 0 Å². The van der Waals surface area contributed by atoms with E-state index in [0.717, 1.165) is 21.2 Å². The smallest absolute Gasteiger partial charge is 0.247 e. The lowest BCUT2D eigenvalue weighted by Gasteiger charge is -2.15. The van der Waals surface area contributed by atoms with E-state index in [9.17, 15) is 8.78 Å². The van der Waals surface area contributed by atoms with Crippen LogP contribution in [0.3, 0.4) is 0 Å². The van der Waals surface area contributed by atoms with Crippen LogP contribution in [0, 0.1) is 6.92 Å². The molecular formula is C9H12BrF2NS. The highest BCUT2D eigenvalue weighted by Gasteiger charge is 2.26. The van der Waals surface area contributed by atoms with Crippen LogP contribution < -0.4 is 5.73 Å².